The van der Waals surface area contributed by atoms with Gasteiger partial charge in [-0.25, -0.2) is 18.1 Å². The summed E-state index contributed by atoms with van der Waals surface area (Å²) < 4.78 is 27.0. The summed E-state index contributed by atoms with van der Waals surface area (Å²) in [4.78, 5) is 3.97. The number of sulfonamides is 1. The standard InChI is InChI=1S/C14H23N3O2S/c1-11-3-2-4-12(7-11)10-17-20(18,19)14-6-5-13(8-15)9-16-14/h5-6,9,11-12,17H,2-4,7-8,10,15H2,1H3. The largest absolute Gasteiger partial charge is 0.326 e. The normalized spacial score (nSPS) is 23.7. The fraction of sp³-hybridized carbons (Fsp3) is 0.643. The SMILES string of the molecule is CC1CCCC(CNS(=O)(=O)c2ccc(CN)cn2)C1. The van der Waals surface area contributed by atoms with Gasteiger partial charge in [-0.3, -0.25) is 0 Å². The van der Waals surface area contributed by atoms with Crippen LogP contribution in [0.4, 0.5) is 0 Å². The van der Waals surface area contributed by atoms with Crippen LogP contribution in [-0.4, -0.2) is 19.9 Å². The highest BCUT2D eigenvalue weighted by Gasteiger charge is 2.22. The molecule has 2 rings (SSSR count). The van der Waals surface area contributed by atoms with Gasteiger partial charge in [-0.2, -0.15) is 0 Å². The van der Waals surface area contributed by atoms with Crippen molar-refractivity contribution in [3.63, 3.8) is 0 Å². The average molecular weight is 297 g/mol. The molecule has 5 nitrogen and oxygen atoms in total. The molecule has 3 N–H and O–H groups in total. The molecule has 0 bridgehead atoms. The molecule has 0 amide bonds. The molecule has 1 aliphatic carbocycles. The van der Waals surface area contributed by atoms with Crippen molar-refractivity contribution < 1.29 is 8.42 Å². The second-order valence-corrected chi connectivity index (χ2v) is 7.41. The monoisotopic (exact) mass is 297 g/mol. The van der Waals surface area contributed by atoms with Crippen molar-refractivity contribution in [1.29, 1.82) is 0 Å². The van der Waals surface area contributed by atoms with Crippen LogP contribution in [0.1, 0.15) is 38.2 Å². The van der Waals surface area contributed by atoms with Crippen LogP contribution in [0.25, 0.3) is 0 Å². The van der Waals surface area contributed by atoms with Gasteiger partial charge in [0.1, 0.15) is 0 Å². The summed E-state index contributed by atoms with van der Waals surface area (Å²) in [5.41, 5.74) is 6.30. The summed E-state index contributed by atoms with van der Waals surface area (Å²) in [6.45, 7) is 3.10. The van der Waals surface area contributed by atoms with Gasteiger partial charge in [0.2, 0.25) is 0 Å². The third kappa shape index (κ3) is 4.01. The van der Waals surface area contributed by atoms with E-state index in [1.54, 1.807) is 6.07 Å². The molecule has 0 spiro atoms. The lowest BCUT2D eigenvalue weighted by atomic mass is 9.83. The Balaban J connectivity index is 1.96. The van der Waals surface area contributed by atoms with Crippen molar-refractivity contribution in [3.05, 3.63) is 23.9 Å². The summed E-state index contributed by atoms with van der Waals surface area (Å²) in [7, 11) is -3.50. The Kier molecular flexibility index (Phi) is 5.12. The molecule has 1 fully saturated rings. The minimum atomic E-state index is -3.50. The van der Waals surface area contributed by atoms with Gasteiger partial charge in [0.15, 0.2) is 5.03 Å². The van der Waals surface area contributed by atoms with Crippen molar-refractivity contribution in [2.45, 2.75) is 44.2 Å². The summed E-state index contributed by atoms with van der Waals surface area (Å²) >= 11 is 0. The molecular weight excluding hydrogens is 274 g/mol. The Morgan fingerprint density at radius 2 is 2.20 bits per heavy atom. The zero-order valence-corrected chi connectivity index (χ0v) is 12.7. The predicted molar refractivity (Wildman–Crippen MR) is 78.4 cm³/mol. The lowest BCUT2D eigenvalue weighted by molar-refractivity contribution is 0.283. The van der Waals surface area contributed by atoms with Crippen molar-refractivity contribution in [2.24, 2.45) is 17.6 Å². The second-order valence-electron chi connectivity index (χ2n) is 5.70. The highest BCUT2D eigenvalue weighted by atomic mass is 32.2. The average Bonchev–Trinajstić information content (AvgIpc) is 2.45. The molecule has 2 unspecified atom stereocenters. The summed E-state index contributed by atoms with van der Waals surface area (Å²) in [6.07, 6.45) is 6.16. The van der Waals surface area contributed by atoms with E-state index in [2.05, 4.69) is 16.6 Å². The number of hydrogen-bond donors (Lipinski definition) is 2. The number of nitrogens with zero attached hydrogens (tertiary/aromatic N) is 1. The Labute approximate surface area is 121 Å². The molecule has 20 heavy (non-hydrogen) atoms. The minimum absolute atomic E-state index is 0.0681. The number of rotatable bonds is 5. The van der Waals surface area contributed by atoms with E-state index in [0.717, 1.165) is 18.4 Å². The number of nitrogens with one attached hydrogen (secondary N) is 1. The van der Waals surface area contributed by atoms with Crippen molar-refractivity contribution in [3.8, 4) is 0 Å². The van der Waals surface area contributed by atoms with E-state index < -0.39 is 10.0 Å². The zero-order valence-electron chi connectivity index (χ0n) is 11.9. The van der Waals surface area contributed by atoms with Crippen LogP contribution in [-0.2, 0) is 16.6 Å². The van der Waals surface area contributed by atoms with Crippen LogP contribution in [0.15, 0.2) is 23.4 Å². The van der Waals surface area contributed by atoms with Crippen LogP contribution in [0.3, 0.4) is 0 Å². The molecule has 0 aliphatic heterocycles. The van der Waals surface area contributed by atoms with Crippen molar-refractivity contribution >= 4 is 10.0 Å². The Morgan fingerprint density at radius 3 is 2.80 bits per heavy atom. The maximum Gasteiger partial charge on any atom is 0.258 e. The molecule has 1 heterocycles. The maximum atomic E-state index is 12.2. The summed E-state index contributed by atoms with van der Waals surface area (Å²) in [5.74, 6) is 1.14. The van der Waals surface area contributed by atoms with Gasteiger partial charge in [0.25, 0.3) is 10.0 Å². The van der Waals surface area contributed by atoms with E-state index in [4.69, 9.17) is 5.73 Å². The molecule has 1 aromatic rings. The van der Waals surface area contributed by atoms with Crippen LogP contribution < -0.4 is 10.5 Å². The fourth-order valence-electron chi connectivity index (χ4n) is 2.74. The fourth-order valence-corrected chi connectivity index (χ4v) is 3.78. The Bertz CT molecular complexity index is 528. The summed E-state index contributed by atoms with van der Waals surface area (Å²) in [5, 5.41) is 0.0681. The first-order valence-corrected chi connectivity index (χ1v) is 8.64. The van der Waals surface area contributed by atoms with Gasteiger partial charge in [0, 0.05) is 19.3 Å². The predicted octanol–water partition coefficient (Wildman–Crippen LogP) is 1.64. The van der Waals surface area contributed by atoms with Crippen LogP contribution in [0, 0.1) is 11.8 Å². The van der Waals surface area contributed by atoms with Gasteiger partial charge in [0.05, 0.1) is 0 Å². The lowest BCUT2D eigenvalue weighted by Crippen LogP contribution is -2.32. The quantitative estimate of drug-likeness (QED) is 0.865. The Morgan fingerprint density at radius 1 is 1.40 bits per heavy atom. The number of nitrogens with two attached hydrogens (primary N) is 1. The smallest absolute Gasteiger partial charge is 0.258 e. The number of pyridine rings is 1. The molecule has 112 valence electrons. The van der Waals surface area contributed by atoms with Crippen molar-refractivity contribution in [1.82, 2.24) is 9.71 Å². The zero-order chi connectivity index (χ0) is 14.6. The highest BCUT2D eigenvalue weighted by Crippen LogP contribution is 2.28. The molecule has 0 radical (unpaired) electrons. The molecule has 6 heteroatoms. The second kappa shape index (κ2) is 6.65. The minimum Gasteiger partial charge on any atom is -0.326 e. The number of aromatic nitrogens is 1. The molecule has 1 aliphatic rings. The highest BCUT2D eigenvalue weighted by molar-refractivity contribution is 7.89. The van der Waals surface area contributed by atoms with Crippen LogP contribution in [0.5, 0.6) is 0 Å². The van der Waals surface area contributed by atoms with E-state index in [0.29, 0.717) is 24.9 Å². The molecule has 1 saturated carbocycles. The Hall–Kier alpha value is -0.980. The molecule has 1 aromatic heterocycles. The topological polar surface area (TPSA) is 85.1 Å². The third-order valence-corrected chi connectivity index (χ3v) is 5.25. The van der Waals surface area contributed by atoms with E-state index in [1.165, 1.54) is 25.1 Å². The van der Waals surface area contributed by atoms with Crippen LogP contribution in [0.2, 0.25) is 0 Å². The molecule has 0 aromatic carbocycles. The first-order chi connectivity index (χ1) is 9.51. The van der Waals surface area contributed by atoms with E-state index >= 15 is 0 Å². The van der Waals surface area contributed by atoms with Crippen molar-refractivity contribution in [2.75, 3.05) is 6.54 Å². The van der Waals surface area contributed by atoms with Gasteiger partial charge in [-0.15, -0.1) is 0 Å². The van der Waals surface area contributed by atoms with E-state index in [-0.39, 0.29) is 5.03 Å². The van der Waals surface area contributed by atoms with Gasteiger partial charge < -0.3 is 5.73 Å². The van der Waals surface area contributed by atoms with Gasteiger partial charge in [-0.05, 0) is 36.3 Å². The molecule has 0 saturated heterocycles. The van der Waals surface area contributed by atoms with E-state index in [9.17, 15) is 8.42 Å². The molecule has 2 atom stereocenters. The lowest BCUT2D eigenvalue weighted by Gasteiger charge is -2.26. The third-order valence-electron chi connectivity index (χ3n) is 3.92. The maximum absolute atomic E-state index is 12.2. The van der Waals surface area contributed by atoms with Gasteiger partial charge >= 0.3 is 0 Å². The number of hydrogen-bond acceptors (Lipinski definition) is 4. The van der Waals surface area contributed by atoms with Gasteiger partial charge in [-0.1, -0.05) is 25.8 Å². The van der Waals surface area contributed by atoms with E-state index in [1.807, 2.05) is 0 Å². The first-order valence-electron chi connectivity index (χ1n) is 7.16. The van der Waals surface area contributed by atoms with Crippen LogP contribution >= 0.6 is 0 Å². The molecular formula is C14H23N3O2S. The first kappa shape index (κ1) is 15.4. The summed E-state index contributed by atoms with van der Waals surface area (Å²) in [6, 6.07) is 3.21.